The summed E-state index contributed by atoms with van der Waals surface area (Å²) in [5, 5.41) is 18.6. The molecule has 2 rings (SSSR count). The molecule has 2 N–H and O–H groups in total. The summed E-state index contributed by atoms with van der Waals surface area (Å²) < 4.78 is 10.7. The molecule has 1 heterocycles. The van der Waals surface area contributed by atoms with Crippen LogP contribution in [0.4, 0.5) is 0 Å². The Morgan fingerprint density at radius 2 is 2.25 bits per heavy atom. The third kappa shape index (κ3) is 4.72. The second-order valence-electron chi connectivity index (χ2n) is 4.69. The summed E-state index contributed by atoms with van der Waals surface area (Å²) in [6.07, 6.45) is 1.25. The van der Waals surface area contributed by atoms with Gasteiger partial charge in [-0.3, -0.25) is 9.59 Å². The smallest absolute Gasteiger partial charge is 0.305 e. The topological polar surface area (TPSA) is 110 Å². The molecule has 0 radical (unpaired) electrons. The molecular formula is C15H17N3O5S. The number of thioether (sulfide) groups is 1. The van der Waals surface area contributed by atoms with Gasteiger partial charge in [0, 0.05) is 0 Å². The van der Waals surface area contributed by atoms with Crippen molar-refractivity contribution in [3.63, 3.8) is 0 Å². The summed E-state index contributed by atoms with van der Waals surface area (Å²) in [6.45, 7) is 2.42. The maximum atomic E-state index is 11.6. The molecule has 128 valence electrons. The summed E-state index contributed by atoms with van der Waals surface area (Å²) in [5.74, 6) is -0.190. The van der Waals surface area contributed by atoms with Crippen LogP contribution in [0.25, 0.3) is 0 Å². The van der Waals surface area contributed by atoms with Crippen molar-refractivity contribution in [2.24, 2.45) is 10.2 Å². The fourth-order valence-corrected chi connectivity index (χ4v) is 2.85. The Morgan fingerprint density at radius 3 is 2.92 bits per heavy atom. The predicted octanol–water partition coefficient (Wildman–Crippen LogP) is 1.49. The van der Waals surface area contributed by atoms with Crippen LogP contribution in [0.2, 0.25) is 0 Å². The predicted molar refractivity (Wildman–Crippen MR) is 91.0 cm³/mol. The molecule has 1 unspecified atom stereocenters. The molecule has 0 bridgehead atoms. The number of ether oxygens (including phenoxy) is 2. The number of benzene rings is 1. The second-order valence-corrected chi connectivity index (χ2v) is 5.88. The number of amides is 1. The molecule has 1 aliphatic heterocycles. The number of aliphatic carboxylic acids is 1. The zero-order chi connectivity index (χ0) is 17.5. The van der Waals surface area contributed by atoms with E-state index in [1.165, 1.54) is 6.21 Å². The number of nitrogens with one attached hydrogen (secondary N) is 1. The Hall–Kier alpha value is -2.55. The van der Waals surface area contributed by atoms with Crippen LogP contribution < -0.4 is 14.8 Å². The van der Waals surface area contributed by atoms with Crippen molar-refractivity contribution in [2.75, 3.05) is 13.7 Å². The number of hydrogen-bond donors (Lipinski definition) is 2. The number of methoxy groups -OCH3 is 1. The highest BCUT2D eigenvalue weighted by molar-refractivity contribution is 8.15. The Morgan fingerprint density at radius 1 is 1.46 bits per heavy atom. The summed E-state index contributed by atoms with van der Waals surface area (Å²) in [5.41, 5.74) is 0.746. The molecule has 24 heavy (non-hydrogen) atoms. The summed E-state index contributed by atoms with van der Waals surface area (Å²) >= 11 is 1.05. The number of hydrogen-bond acceptors (Lipinski definition) is 7. The van der Waals surface area contributed by atoms with Crippen LogP contribution >= 0.6 is 11.8 Å². The van der Waals surface area contributed by atoms with Crippen LogP contribution in [0.5, 0.6) is 11.5 Å². The van der Waals surface area contributed by atoms with Crippen LogP contribution in [-0.2, 0) is 9.59 Å². The third-order valence-electron chi connectivity index (χ3n) is 2.98. The molecule has 0 spiro atoms. The number of amidine groups is 1. The van der Waals surface area contributed by atoms with Gasteiger partial charge < -0.3 is 19.9 Å². The lowest BCUT2D eigenvalue weighted by Gasteiger charge is -2.09. The van der Waals surface area contributed by atoms with Gasteiger partial charge in [0.2, 0.25) is 5.91 Å². The van der Waals surface area contributed by atoms with Crippen molar-refractivity contribution in [3.8, 4) is 11.5 Å². The highest BCUT2D eigenvalue weighted by Crippen LogP contribution is 2.27. The van der Waals surface area contributed by atoms with Crippen molar-refractivity contribution in [2.45, 2.75) is 18.6 Å². The second kappa shape index (κ2) is 8.34. The molecule has 1 aromatic carbocycles. The first-order chi connectivity index (χ1) is 11.5. The quantitative estimate of drug-likeness (QED) is 0.569. The SMILES string of the molecule is CCOc1ccc(C=NN=C2NC(=O)C(CC(=O)O)S2)cc1OC. The van der Waals surface area contributed by atoms with E-state index in [4.69, 9.17) is 14.6 Å². The first kappa shape index (κ1) is 17.8. The van der Waals surface area contributed by atoms with Crippen LogP contribution in [0.15, 0.2) is 28.4 Å². The third-order valence-corrected chi connectivity index (χ3v) is 4.05. The number of carbonyl (C=O) groups excluding carboxylic acids is 1. The molecule has 0 aromatic heterocycles. The normalized spacial score (nSPS) is 18.8. The molecule has 9 heteroatoms. The molecule has 1 atom stereocenters. The Bertz CT molecular complexity index is 690. The first-order valence-corrected chi connectivity index (χ1v) is 8.02. The van der Waals surface area contributed by atoms with Crippen molar-refractivity contribution < 1.29 is 24.2 Å². The van der Waals surface area contributed by atoms with Gasteiger partial charge in [-0.15, -0.1) is 5.10 Å². The van der Waals surface area contributed by atoms with Gasteiger partial charge in [-0.1, -0.05) is 11.8 Å². The molecular weight excluding hydrogens is 334 g/mol. The average Bonchev–Trinajstić information content (AvgIpc) is 2.88. The number of carboxylic acid groups (broad SMARTS) is 1. The molecule has 1 aliphatic rings. The minimum atomic E-state index is -1.03. The van der Waals surface area contributed by atoms with Gasteiger partial charge in [-0.25, -0.2) is 0 Å². The highest BCUT2D eigenvalue weighted by atomic mass is 32.2. The van der Waals surface area contributed by atoms with Gasteiger partial charge in [0.25, 0.3) is 0 Å². The van der Waals surface area contributed by atoms with Crippen molar-refractivity contribution >= 4 is 35.0 Å². The zero-order valence-electron chi connectivity index (χ0n) is 13.2. The van der Waals surface area contributed by atoms with E-state index in [1.54, 1.807) is 25.3 Å². The number of rotatable bonds is 7. The lowest BCUT2D eigenvalue weighted by Crippen LogP contribution is -2.26. The van der Waals surface area contributed by atoms with Crippen molar-refractivity contribution in [1.82, 2.24) is 5.32 Å². The van der Waals surface area contributed by atoms with Crippen LogP contribution in [0.1, 0.15) is 18.9 Å². The maximum Gasteiger partial charge on any atom is 0.305 e. The number of carboxylic acids is 1. The van der Waals surface area contributed by atoms with Crippen LogP contribution in [0, 0.1) is 0 Å². The molecule has 8 nitrogen and oxygen atoms in total. The van der Waals surface area contributed by atoms with Gasteiger partial charge in [-0.05, 0) is 30.7 Å². The van der Waals surface area contributed by atoms with Gasteiger partial charge in [-0.2, -0.15) is 5.10 Å². The Kier molecular flexibility index (Phi) is 6.19. The van der Waals surface area contributed by atoms with Crippen LogP contribution in [-0.4, -0.2) is 47.3 Å². The number of nitrogens with zero attached hydrogens (tertiary/aromatic N) is 2. The minimum Gasteiger partial charge on any atom is -0.493 e. The maximum absolute atomic E-state index is 11.6. The largest absolute Gasteiger partial charge is 0.493 e. The van der Waals surface area contributed by atoms with E-state index in [0.717, 1.165) is 17.3 Å². The summed E-state index contributed by atoms with van der Waals surface area (Å²) in [6, 6.07) is 5.32. The van der Waals surface area contributed by atoms with E-state index < -0.39 is 11.2 Å². The molecule has 1 fully saturated rings. The summed E-state index contributed by atoms with van der Waals surface area (Å²) in [7, 11) is 1.55. The zero-order valence-corrected chi connectivity index (χ0v) is 14.0. The lowest BCUT2D eigenvalue weighted by molar-refractivity contribution is -0.138. The molecule has 1 amide bonds. The molecule has 0 aliphatic carbocycles. The number of carbonyl (C=O) groups is 2. The Balaban J connectivity index is 2.03. The van der Waals surface area contributed by atoms with Gasteiger partial charge in [0.05, 0.1) is 26.4 Å². The first-order valence-electron chi connectivity index (χ1n) is 7.14. The molecule has 1 saturated heterocycles. The van der Waals surface area contributed by atoms with E-state index in [1.807, 2.05) is 6.92 Å². The van der Waals surface area contributed by atoms with Crippen molar-refractivity contribution in [1.29, 1.82) is 0 Å². The van der Waals surface area contributed by atoms with E-state index in [2.05, 4.69) is 15.5 Å². The fraction of sp³-hybridized carbons (Fsp3) is 0.333. The standard InChI is InChI=1S/C15H17N3O5S/c1-3-23-10-5-4-9(6-11(10)22-2)8-16-18-15-17-14(21)12(24-15)7-13(19)20/h4-6,8,12H,3,7H2,1-2H3,(H,19,20)(H,17,18,21). The molecule has 0 saturated carbocycles. The summed E-state index contributed by atoms with van der Waals surface area (Å²) in [4.78, 5) is 22.2. The van der Waals surface area contributed by atoms with E-state index in [-0.39, 0.29) is 17.5 Å². The highest BCUT2D eigenvalue weighted by Gasteiger charge is 2.32. The van der Waals surface area contributed by atoms with Gasteiger partial charge in [0.15, 0.2) is 16.7 Å². The lowest BCUT2D eigenvalue weighted by atomic mass is 10.2. The fourth-order valence-electron chi connectivity index (χ4n) is 1.93. The van der Waals surface area contributed by atoms with Crippen LogP contribution in [0.3, 0.4) is 0 Å². The van der Waals surface area contributed by atoms with E-state index >= 15 is 0 Å². The Labute approximate surface area is 142 Å². The van der Waals surface area contributed by atoms with Crippen molar-refractivity contribution in [3.05, 3.63) is 23.8 Å². The molecule has 1 aromatic rings. The monoisotopic (exact) mass is 351 g/mol. The van der Waals surface area contributed by atoms with Gasteiger partial charge in [0.1, 0.15) is 5.25 Å². The van der Waals surface area contributed by atoms with E-state index in [9.17, 15) is 9.59 Å². The minimum absolute atomic E-state index is 0.255. The average molecular weight is 351 g/mol. The van der Waals surface area contributed by atoms with Gasteiger partial charge >= 0.3 is 5.97 Å². The van der Waals surface area contributed by atoms with E-state index in [0.29, 0.717) is 18.1 Å².